The number of rotatable bonds is 25. The molecule has 0 saturated carbocycles. The number of amides is 5. The number of carboxylic acid groups (broad SMARTS) is 1. The molecular formula is C60H77N7O10. The van der Waals surface area contributed by atoms with E-state index < -0.39 is 94.5 Å². The van der Waals surface area contributed by atoms with Gasteiger partial charge in [0.1, 0.15) is 47.0 Å². The minimum Gasteiger partial charge on any atom is -0.480 e. The number of carboxylic acids is 1. The van der Waals surface area contributed by atoms with Crippen molar-refractivity contribution in [3.05, 3.63) is 162 Å². The van der Waals surface area contributed by atoms with E-state index in [-0.39, 0.29) is 38.0 Å². The molecule has 1 heterocycles. The Morgan fingerprint density at radius 2 is 1.01 bits per heavy atom. The van der Waals surface area contributed by atoms with Gasteiger partial charge in [0.05, 0.1) is 12.0 Å². The van der Waals surface area contributed by atoms with Crippen LogP contribution in [0.5, 0.6) is 0 Å². The predicted octanol–water partition coefficient (Wildman–Crippen LogP) is 7.64. The molecule has 0 spiro atoms. The molecule has 0 aliphatic heterocycles. The number of esters is 1. The number of hydrogen-bond acceptors (Lipinski definition) is 10. The Kier molecular flexibility index (Phi) is 21.3. The number of ether oxygens (including phenoxy) is 2. The molecule has 0 fully saturated rings. The van der Waals surface area contributed by atoms with Crippen molar-refractivity contribution in [3.63, 3.8) is 0 Å². The van der Waals surface area contributed by atoms with Gasteiger partial charge >= 0.3 is 18.0 Å². The monoisotopic (exact) mass is 1060 g/mol. The van der Waals surface area contributed by atoms with Gasteiger partial charge in [-0.15, -0.1) is 0 Å². The molecule has 5 amide bonds. The van der Waals surface area contributed by atoms with Gasteiger partial charge in [-0.25, -0.2) is 14.6 Å². The number of carbonyl (C=O) groups excluding carboxylic acids is 6. The molecule has 5 aromatic rings. The molecule has 0 saturated heterocycles. The Morgan fingerprint density at radius 1 is 0.571 bits per heavy atom. The van der Waals surface area contributed by atoms with Gasteiger partial charge in [-0.1, -0.05) is 155 Å². The molecule has 412 valence electrons. The molecule has 6 atom stereocenters. The highest BCUT2D eigenvalue weighted by Gasteiger charge is 2.40. The summed E-state index contributed by atoms with van der Waals surface area (Å²) in [5, 5.41) is 23.8. The Morgan fingerprint density at radius 3 is 1.48 bits per heavy atom. The fourth-order valence-corrected chi connectivity index (χ4v) is 8.95. The van der Waals surface area contributed by atoms with Crippen molar-refractivity contribution in [3.8, 4) is 0 Å². The van der Waals surface area contributed by atoms with Crippen molar-refractivity contribution in [1.82, 2.24) is 36.1 Å². The van der Waals surface area contributed by atoms with Crippen molar-refractivity contribution >= 4 is 41.7 Å². The third-order valence-electron chi connectivity index (χ3n) is 12.7. The summed E-state index contributed by atoms with van der Waals surface area (Å²) in [4.78, 5) is 102. The van der Waals surface area contributed by atoms with Crippen LogP contribution in [-0.4, -0.2) is 97.7 Å². The lowest BCUT2D eigenvalue weighted by atomic mass is 9.77. The molecule has 5 rings (SSSR count). The largest absolute Gasteiger partial charge is 0.480 e. The molecule has 0 aliphatic rings. The summed E-state index contributed by atoms with van der Waals surface area (Å²) < 4.78 is 13.0. The summed E-state index contributed by atoms with van der Waals surface area (Å²) in [6.07, 6.45) is 2.31. The minimum atomic E-state index is -1.49. The highest BCUT2D eigenvalue weighted by molar-refractivity contribution is 5.96. The normalized spacial score (nSPS) is 14.1. The first-order chi connectivity index (χ1) is 36.4. The zero-order valence-corrected chi connectivity index (χ0v) is 46.0. The second-order valence-corrected chi connectivity index (χ2v) is 21.8. The van der Waals surface area contributed by atoms with E-state index in [1.807, 2.05) is 115 Å². The smallest absolute Gasteiger partial charge is 0.408 e. The first-order valence-electron chi connectivity index (χ1n) is 26.3. The zero-order chi connectivity index (χ0) is 56.5. The molecule has 17 heteroatoms. The molecule has 0 bridgehead atoms. The molecule has 0 aliphatic carbocycles. The summed E-state index contributed by atoms with van der Waals surface area (Å²) in [6.45, 7) is 17.3. The van der Waals surface area contributed by atoms with Crippen molar-refractivity contribution in [2.24, 2.45) is 11.8 Å². The third-order valence-corrected chi connectivity index (χ3v) is 12.7. The number of benzene rings is 4. The third kappa shape index (κ3) is 17.6. The van der Waals surface area contributed by atoms with Gasteiger partial charge in [0.2, 0.25) is 23.6 Å². The average molecular weight is 1060 g/mol. The SMILES string of the molecule is CC[C@H](C)[C@@H](NC(=O)[C@@H](CCC(=O)OC(C)(C)C)NC(=O)[C@H](Cc1cn(C(c2ccccc2)(c2ccccc2)c2ccccc2)cn1)NC(=O)[C@H](CC(C)C)NC(=O)[C@@H](Cc1ccccc1)NC(=O)OC(C)(C)C)C(=O)O. The second-order valence-electron chi connectivity index (χ2n) is 21.8. The average Bonchev–Trinajstić information content (AvgIpc) is 3.84. The quantitative estimate of drug-likeness (QED) is 0.0245. The Hall–Kier alpha value is -7.82. The van der Waals surface area contributed by atoms with Crippen LogP contribution in [0.2, 0.25) is 0 Å². The number of nitrogens with one attached hydrogen (secondary N) is 5. The number of imidazole rings is 1. The number of hydrogen-bond donors (Lipinski definition) is 6. The maximum absolute atomic E-state index is 15.0. The van der Waals surface area contributed by atoms with Gasteiger partial charge in [0.15, 0.2) is 0 Å². The van der Waals surface area contributed by atoms with E-state index in [1.54, 1.807) is 92.2 Å². The van der Waals surface area contributed by atoms with Crippen LogP contribution in [0.25, 0.3) is 0 Å². The lowest BCUT2D eigenvalue weighted by molar-refractivity contribution is -0.155. The number of aliphatic carboxylic acids is 1. The van der Waals surface area contributed by atoms with E-state index in [9.17, 15) is 33.9 Å². The molecule has 17 nitrogen and oxygen atoms in total. The molecule has 0 radical (unpaired) electrons. The van der Waals surface area contributed by atoms with E-state index in [1.165, 1.54) is 0 Å². The summed E-state index contributed by atoms with van der Waals surface area (Å²) >= 11 is 0. The van der Waals surface area contributed by atoms with Crippen molar-refractivity contribution < 1.29 is 48.1 Å². The zero-order valence-electron chi connectivity index (χ0n) is 46.0. The molecule has 6 N–H and O–H groups in total. The lowest BCUT2D eigenvalue weighted by Crippen LogP contribution is -2.60. The van der Waals surface area contributed by atoms with E-state index in [4.69, 9.17) is 14.5 Å². The molecule has 0 unspecified atom stereocenters. The second kappa shape index (κ2) is 27.3. The van der Waals surface area contributed by atoms with E-state index in [0.29, 0.717) is 12.1 Å². The standard InChI is InChI=1S/C60H77N7O10/c1-11-40(4)51(56(73)74)66-52(69)46(32-33-50(68)76-58(5,6)7)62-55(72)49(64-53(70)47(34-39(2)3)63-54(71)48(35-41-24-16-12-17-25-41)65-57(75)77-59(8,9)10)36-45-37-67(38-61-45)60(42-26-18-13-19-27-42,43-28-20-14-21-29-43)44-30-22-15-23-31-44/h12-31,37-40,46-49,51H,11,32-36H2,1-10H3,(H,62,72)(H,63,71)(H,64,70)(H,65,75)(H,66,69)(H,73,74)/t40-,46+,47-,48+,49-,51+/m0/s1. The van der Waals surface area contributed by atoms with Crippen molar-refractivity contribution in [2.75, 3.05) is 0 Å². The van der Waals surface area contributed by atoms with E-state index in [2.05, 4.69) is 26.6 Å². The lowest BCUT2D eigenvalue weighted by Gasteiger charge is -2.37. The maximum Gasteiger partial charge on any atom is 0.408 e. The summed E-state index contributed by atoms with van der Waals surface area (Å²) in [5.74, 6) is -5.79. The highest BCUT2D eigenvalue weighted by Crippen LogP contribution is 2.41. The summed E-state index contributed by atoms with van der Waals surface area (Å²) in [5.41, 5.74) is 1.05. The Balaban J connectivity index is 1.59. The fraction of sp³-hybridized carbons (Fsp3) is 0.433. The van der Waals surface area contributed by atoms with Crippen LogP contribution >= 0.6 is 0 Å². The van der Waals surface area contributed by atoms with Crippen LogP contribution in [0.4, 0.5) is 4.79 Å². The topological polar surface area (TPSA) is 236 Å². The van der Waals surface area contributed by atoms with Crippen LogP contribution in [0.15, 0.2) is 134 Å². The van der Waals surface area contributed by atoms with Gasteiger partial charge in [0.25, 0.3) is 0 Å². The summed E-state index contributed by atoms with van der Waals surface area (Å²) in [7, 11) is 0. The fourth-order valence-electron chi connectivity index (χ4n) is 8.95. The van der Waals surface area contributed by atoms with Gasteiger partial charge < -0.3 is 45.7 Å². The van der Waals surface area contributed by atoms with Gasteiger partial charge in [0, 0.05) is 25.5 Å². The minimum absolute atomic E-state index is 0.0541. The number of nitrogens with zero attached hydrogens (tertiary/aromatic N) is 2. The first kappa shape index (κ1) is 60.0. The van der Waals surface area contributed by atoms with Gasteiger partial charge in [-0.2, -0.15) is 0 Å². The highest BCUT2D eigenvalue weighted by atomic mass is 16.6. The van der Waals surface area contributed by atoms with Crippen LogP contribution in [0.3, 0.4) is 0 Å². The Labute approximate surface area is 452 Å². The molecular weight excluding hydrogens is 979 g/mol. The first-order valence-corrected chi connectivity index (χ1v) is 26.3. The van der Waals surface area contributed by atoms with Crippen molar-refractivity contribution in [2.45, 2.75) is 155 Å². The van der Waals surface area contributed by atoms with Gasteiger partial charge in [-0.05, 0) is 88.5 Å². The maximum atomic E-state index is 15.0. The number of aromatic nitrogens is 2. The van der Waals surface area contributed by atoms with E-state index in [0.717, 1.165) is 22.3 Å². The molecule has 4 aromatic carbocycles. The molecule has 1 aromatic heterocycles. The van der Waals surface area contributed by atoms with Crippen LogP contribution in [0, 0.1) is 11.8 Å². The number of carbonyl (C=O) groups is 7. The van der Waals surface area contributed by atoms with Crippen molar-refractivity contribution in [1.29, 1.82) is 0 Å². The summed E-state index contributed by atoms with van der Waals surface area (Å²) in [6, 6.07) is 31.9. The van der Waals surface area contributed by atoms with Crippen LogP contribution in [0.1, 0.15) is 123 Å². The molecule has 77 heavy (non-hydrogen) atoms. The number of alkyl carbamates (subject to hydrolysis) is 1. The van der Waals surface area contributed by atoms with E-state index >= 15 is 4.79 Å². The van der Waals surface area contributed by atoms with Gasteiger partial charge in [-0.3, -0.25) is 24.0 Å². The predicted molar refractivity (Wildman–Crippen MR) is 293 cm³/mol. The van der Waals surface area contributed by atoms with Crippen LogP contribution in [-0.2, 0) is 56.6 Å². The Bertz CT molecular complexity index is 2640. The van der Waals surface area contributed by atoms with Crippen LogP contribution < -0.4 is 26.6 Å².